The molecule has 2 aliphatic rings. The lowest BCUT2D eigenvalue weighted by atomic mass is 9.96. The Morgan fingerprint density at radius 2 is 1.89 bits per heavy atom. The third-order valence-electron chi connectivity index (χ3n) is 6.44. The van der Waals surface area contributed by atoms with E-state index in [4.69, 9.17) is 9.84 Å². The molecular formula is C24H27FN6O4S. The molecule has 0 unspecified atom stereocenters. The Kier molecular flexibility index (Phi) is 7.14. The summed E-state index contributed by atoms with van der Waals surface area (Å²) >= 11 is 1.51. The molecule has 5 rings (SSSR count). The van der Waals surface area contributed by atoms with E-state index in [1.165, 1.54) is 23.5 Å². The zero-order valence-electron chi connectivity index (χ0n) is 19.6. The van der Waals surface area contributed by atoms with Crippen LogP contribution in [0.2, 0.25) is 0 Å². The van der Waals surface area contributed by atoms with Crippen molar-refractivity contribution in [1.29, 1.82) is 0 Å². The van der Waals surface area contributed by atoms with Crippen LogP contribution >= 0.6 is 11.3 Å². The van der Waals surface area contributed by atoms with Gasteiger partial charge in [-0.1, -0.05) is 11.3 Å². The van der Waals surface area contributed by atoms with E-state index < -0.39 is 17.8 Å². The summed E-state index contributed by atoms with van der Waals surface area (Å²) < 4.78 is 20.7. The third kappa shape index (κ3) is 5.65. The number of rotatable bonds is 6. The first-order chi connectivity index (χ1) is 17.4. The number of hydrogen-bond acceptors (Lipinski definition) is 8. The van der Waals surface area contributed by atoms with E-state index in [0.717, 1.165) is 35.8 Å². The van der Waals surface area contributed by atoms with Crippen molar-refractivity contribution in [2.24, 2.45) is 5.92 Å². The van der Waals surface area contributed by atoms with Gasteiger partial charge in [0.25, 0.3) is 5.91 Å². The van der Waals surface area contributed by atoms with Crippen LogP contribution in [0.3, 0.4) is 0 Å². The molecule has 0 saturated carbocycles. The van der Waals surface area contributed by atoms with Gasteiger partial charge >= 0.3 is 6.09 Å². The number of amides is 2. The molecule has 3 aromatic rings. The van der Waals surface area contributed by atoms with Gasteiger partial charge in [-0.25, -0.2) is 14.2 Å². The largest absolute Gasteiger partial charge is 0.465 e. The molecule has 2 aliphatic heterocycles. The van der Waals surface area contributed by atoms with E-state index in [9.17, 15) is 14.0 Å². The van der Waals surface area contributed by atoms with Gasteiger partial charge in [0.1, 0.15) is 5.82 Å². The first-order valence-electron chi connectivity index (χ1n) is 11.9. The van der Waals surface area contributed by atoms with Gasteiger partial charge in [0.2, 0.25) is 0 Å². The van der Waals surface area contributed by atoms with Gasteiger partial charge in [-0.15, -0.1) is 0 Å². The molecule has 0 radical (unpaired) electrons. The number of benzene rings is 1. The Morgan fingerprint density at radius 3 is 2.64 bits per heavy atom. The lowest BCUT2D eigenvalue weighted by Crippen LogP contribution is -2.38. The monoisotopic (exact) mass is 514 g/mol. The smallest absolute Gasteiger partial charge is 0.404 e. The fraction of sp³-hybridized carbons (Fsp3) is 0.417. The van der Waals surface area contributed by atoms with Gasteiger partial charge < -0.3 is 30.3 Å². The van der Waals surface area contributed by atoms with E-state index in [-0.39, 0.29) is 11.5 Å². The normalized spacial score (nSPS) is 16.8. The second-order valence-corrected chi connectivity index (χ2v) is 9.92. The van der Waals surface area contributed by atoms with E-state index >= 15 is 0 Å². The number of carbonyl (C=O) groups excluding carboxylic acids is 1. The number of pyridine rings is 1. The molecule has 1 aromatic carbocycles. The summed E-state index contributed by atoms with van der Waals surface area (Å²) in [5.41, 5.74) is 1.99. The molecule has 2 aromatic heterocycles. The number of ether oxygens (including phenoxy) is 1. The van der Waals surface area contributed by atoms with Crippen LogP contribution in [0, 0.1) is 11.7 Å². The molecule has 190 valence electrons. The molecule has 3 N–H and O–H groups in total. The second-order valence-electron chi connectivity index (χ2n) is 8.91. The van der Waals surface area contributed by atoms with Crippen LogP contribution in [0.15, 0.2) is 30.5 Å². The maximum Gasteiger partial charge on any atom is 0.404 e. The number of piperidine rings is 1. The maximum absolute atomic E-state index is 14.4. The number of nitrogens with one attached hydrogen (secondary N) is 2. The highest BCUT2D eigenvalue weighted by atomic mass is 32.1. The minimum absolute atomic E-state index is 0.220. The van der Waals surface area contributed by atoms with E-state index in [2.05, 4.69) is 25.5 Å². The van der Waals surface area contributed by atoms with Crippen molar-refractivity contribution < 1.29 is 23.8 Å². The van der Waals surface area contributed by atoms with E-state index in [1.54, 1.807) is 12.3 Å². The maximum atomic E-state index is 14.4. The third-order valence-corrected chi connectivity index (χ3v) is 7.49. The number of carboxylic acid groups (broad SMARTS) is 1. The number of fused-ring (bicyclic) bond motifs is 1. The zero-order valence-corrected chi connectivity index (χ0v) is 20.4. The van der Waals surface area contributed by atoms with Crippen molar-refractivity contribution in [2.75, 3.05) is 61.1 Å². The summed E-state index contributed by atoms with van der Waals surface area (Å²) in [7, 11) is 0. The lowest BCUT2D eigenvalue weighted by Gasteiger charge is -2.33. The molecule has 0 aliphatic carbocycles. The minimum atomic E-state index is -1.03. The molecule has 36 heavy (non-hydrogen) atoms. The van der Waals surface area contributed by atoms with Gasteiger partial charge in [0, 0.05) is 44.0 Å². The molecular weight excluding hydrogens is 487 g/mol. The second kappa shape index (κ2) is 10.6. The molecule has 0 bridgehead atoms. The van der Waals surface area contributed by atoms with Crippen LogP contribution in [0.4, 0.5) is 25.7 Å². The number of aromatic nitrogens is 2. The van der Waals surface area contributed by atoms with Crippen LogP contribution in [0.25, 0.3) is 10.3 Å². The number of thiazole rings is 1. The number of halogens is 1. The average molecular weight is 515 g/mol. The lowest BCUT2D eigenvalue weighted by molar-refractivity contribution is 0.102. The SMILES string of the molecule is O=C(O)NCC1CCN(c2cc(F)cc(C(=O)Nc3cnc4nc(N5CCOCC5)sc4c3)c2)CC1. The highest BCUT2D eigenvalue weighted by Gasteiger charge is 2.22. The Hall–Kier alpha value is -3.51. The Morgan fingerprint density at radius 1 is 1.11 bits per heavy atom. The predicted octanol–water partition coefficient (Wildman–Crippen LogP) is 3.40. The highest BCUT2D eigenvalue weighted by molar-refractivity contribution is 7.22. The molecule has 2 fully saturated rings. The van der Waals surface area contributed by atoms with Gasteiger partial charge in [0.15, 0.2) is 10.8 Å². The number of morpholine rings is 1. The molecule has 2 amide bonds. The summed E-state index contributed by atoms with van der Waals surface area (Å²) in [5.74, 6) is -0.666. The van der Waals surface area contributed by atoms with Crippen molar-refractivity contribution in [1.82, 2.24) is 15.3 Å². The van der Waals surface area contributed by atoms with Crippen molar-refractivity contribution in [3.05, 3.63) is 41.8 Å². The van der Waals surface area contributed by atoms with E-state index in [1.807, 2.05) is 11.0 Å². The molecule has 12 heteroatoms. The van der Waals surface area contributed by atoms with Crippen LogP contribution in [-0.2, 0) is 4.74 Å². The van der Waals surface area contributed by atoms with Crippen molar-refractivity contribution >= 4 is 50.2 Å². The first kappa shape index (κ1) is 24.2. The van der Waals surface area contributed by atoms with Crippen LogP contribution in [0.1, 0.15) is 23.2 Å². The summed E-state index contributed by atoms with van der Waals surface area (Å²) in [6.07, 6.45) is 2.09. The summed E-state index contributed by atoms with van der Waals surface area (Å²) in [5, 5.41) is 14.9. The number of nitrogens with zero attached hydrogens (tertiary/aromatic N) is 4. The van der Waals surface area contributed by atoms with Gasteiger partial charge in [0.05, 0.1) is 29.8 Å². The molecule has 0 atom stereocenters. The quantitative estimate of drug-likeness (QED) is 0.458. The van der Waals surface area contributed by atoms with Crippen molar-refractivity contribution in [3.8, 4) is 0 Å². The molecule has 0 spiro atoms. The Labute approximate surface area is 211 Å². The highest BCUT2D eigenvalue weighted by Crippen LogP contribution is 2.30. The average Bonchev–Trinajstić information content (AvgIpc) is 3.31. The Bertz CT molecular complexity index is 1260. The predicted molar refractivity (Wildman–Crippen MR) is 136 cm³/mol. The molecule has 4 heterocycles. The Balaban J connectivity index is 1.25. The van der Waals surface area contributed by atoms with E-state index in [0.29, 0.717) is 49.9 Å². The fourth-order valence-corrected chi connectivity index (χ4v) is 5.50. The van der Waals surface area contributed by atoms with Crippen LogP contribution < -0.4 is 20.4 Å². The van der Waals surface area contributed by atoms with Gasteiger partial charge in [-0.05, 0) is 43.0 Å². The van der Waals surface area contributed by atoms with Crippen molar-refractivity contribution in [3.63, 3.8) is 0 Å². The molecule has 10 nitrogen and oxygen atoms in total. The first-order valence-corrected chi connectivity index (χ1v) is 12.7. The topological polar surface area (TPSA) is 120 Å². The minimum Gasteiger partial charge on any atom is -0.465 e. The summed E-state index contributed by atoms with van der Waals surface area (Å²) in [4.78, 5) is 36.8. The number of anilines is 3. The van der Waals surface area contributed by atoms with Crippen LogP contribution in [0.5, 0.6) is 0 Å². The summed E-state index contributed by atoms with van der Waals surface area (Å²) in [6.45, 7) is 4.62. The standard InChI is InChI=1S/C24H27FN6O4S/c25-17-9-16(10-19(11-17)30-3-1-15(2-4-30)13-27-24(33)34)22(32)28-18-12-20-21(26-14-18)29-23(36-20)31-5-7-35-8-6-31/h9-12,14-15,27H,1-8,13H2,(H,28,32)(H,33,34). The van der Waals surface area contributed by atoms with Crippen LogP contribution in [-0.4, -0.2) is 73.0 Å². The fourth-order valence-electron chi connectivity index (χ4n) is 4.48. The molecule has 2 saturated heterocycles. The zero-order chi connectivity index (χ0) is 25.1. The number of carbonyl (C=O) groups is 2. The summed E-state index contributed by atoms with van der Waals surface area (Å²) in [6, 6.07) is 6.16. The van der Waals surface area contributed by atoms with Gasteiger partial charge in [-0.3, -0.25) is 4.79 Å². The van der Waals surface area contributed by atoms with Crippen molar-refractivity contribution in [2.45, 2.75) is 12.8 Å². The van der Waals surface area contributed by atoms with Gasteiger partial charge in [-0.2, -0.15) is 4.98 Å². The number of hydrogen-bond donors (Lipinski definition) is 3.